The van der Waals surface area contributed by atoms with E-state index in [0.29, 0.717) is 45.2 Å². The van der Waals surface area contributed by atoms with E-state index in [1.54, 1.807) is 61.5 Å². The lowest BCUT2D eigenvalue weighted by atomic mass is 10.1. The van der Waals surface area contributed by atoms with Crippen LogP contribution in [0.1, 0.15) is 23.1 Å². The fourth-order valence-electron chi connectivity index (χ4n) is 3.59. The Morgan fingerprint density at radius 2 is 1.74 bits per heavy atom. The fraction of sp³-hybridized carbons (Fsp3) is 0.154. The molecule has 1 heterocycles. The van der Waals surface area contributed by atoms with Crippen molar-refractivity contribution in [1.29, 1.82) is 0 Å². The molecule has 1 amide bonds. The number of nitrogens with one attached hydrogen (secondary N) is 1. The average Bonchev–Trinajstić information content (AvgIpc) is 2.83. The maximum absolute atomic E-state index is 13.0. The zero-order valence-corrected chi connectivity index (χ0v) is 19.0. The van der Waals surface area contributed by atoms with Gasteiger partial charge in [-0.05, 0) is 68.4 Å². The Bertz CT molecular complexity index is 1440. The number of amides is 1. The summed E-state index contributed by atoms with van der Waals surface area (Å²) in [5, 5.41) is 3.29. The van der Waals surface area contributed by atoms with Crippen molar-refractivity contribution in [3.05, 3.63) is 88.5 Å². The summed E-state index contributed by atoms with van der Waals surface area (Å²) in [5.74, 6) is 0.832. The number of aryl methyl sites for hydroxylation is 1. The third-order valence-corrected chi connectivity index (χ3v) is 5.28. The Balaban J connectivity index is 1.46. The molecule has 0 saturated carbocycles. The van der Waals surface area contributed by atoms with Crippen molar-refractivity contribution in [2.75, 3.05) is 19.0 Å². The van der Waals surface area contributed by atoms with Gasteiger partial charge in [-0.15, -0.1) is 0 Å². The van der Waals surface area contributed by atoms with Crippen molar-refractivity contribution in [2.45, 2.75) is 13.8 Å². The van der Waals surface area contributed by atoms with Gasteiger partial charge in [-0.1, -0.05) is 12.1 Å². The molecule has 0 bridgehead atoms. The van der Waals surface area contributed by atoms with E-state index in [2.05, 4.69) is 10.3 Å². The van der Waals surface area contributed by atoms with E-state index in [4.69, 9.17) is 9.47 Å². The molecule has 0 aliphatic carbocycles. The van der Waals surface area contributed by atoms with Gasteiger partial charge in [0.05, 0.1) is 23.7 Å². The third kappa shape index (κ3) is 4.66. The standard InChI is InChI=1S/C26H23N3O5/c1-16(30)18-8-13-23(24(14-18)33-3)34-15-25(31)28-19-9-11-20(12-10-19)29-17(2)27-22-7-5-4-6-21(22)26(29)32/h4-14H,15H2,1-3H3,(H,28,31). The van der Waals surface area contributed by atoms with Crippen LogP contribution in [0.2, 0.25) is 0 Å². The van der Waals surface area contributed by atoms with Crippen molar-refractivity contribution in [1.82, 2.24) is 9.55 Å². The van der Waals surface area contributed by atoms with Gasteiger partial charge in [0, 0.05) is 11.3 Å². The molecule has 0 saturated heterocycles. The van der Waals surface area contributed by atoms with Gasteiger partial charge in [0.1, 0.15) is 5.82 Å². The zero-order valence-electron chi connectivity index (χ0n) is 19.0. The Hall–Kier alpha value is -4.46. The first-order valence-electron chi connectivity index (χ1n) is 10.6. The minimum atomic E-state index is -0.369. The van der Waals surface area contributed by atoms with Gasteiger partial charge >= 0.3 is 0 Å². The second kappa shape index (κ2) is 9.58. The lowest BCUT2D eigenvalue weighted by molar-refractivity contribution is -0.118. The number of hydrogen-bond acceptors (Lipinski definition) is 6. The largest absolute Gasteiger partial charge is 0.493 e. The van der Waals surface area contributed by atoms with Crippen LogP contribution in [-0.4, -0.2) is 35.0 Å². The van der Waals surface area contributed by atoms with Crippen molar-refractivity contribution in [2.24, 2.45) is 0 Å². The van der Waals surface area contributed by atoms with Gasteiger partial charge in [0.2, 0.25) is 0 Å². The molecule has 0 fully saturated rings. The topological polar surface area (TPSA) is 99.5 Å². The number of anilines is 1. The van der Waals surface area contributed by atoms with Crippen LogP contribution in [0, 0.1) is 6.92 Å². The van der Waals surface area contributed by atoms with Crippen LogP contribution in [-0.2, 0) is 4.79 Å². The lowest BCUT2D eigenvalue weighted by Gasteiger charge is -2.13. The average molecular weight is 457 g/mol. The summed E-state index contributed by atoms with van der Waals surface area (Å²) in [6, 6.07) is 18.9. The predicted molar refractivity (Wildman–Crippen MR) is 129 cm³/mol. The molecule has 4 aromatic rings. The molecule has 172 valence electrons. The van der Waals surface area contributed by atoms with Gasteiger partial charge in [0.15, 0.2) is 23.9 Å². The highest BCUT2D eigenvalue weighted by atomic mass is 16.5. The molecular formula is C26H23N3O5. The molecule has 0 spiro atoms. The van der Waals surface area contributed by atoms with E-state index in [9.17, 15) is 14.4 Å². The number of carbonyl (C=O) groups excluding carboxylic acids is 2. The maximum Gasteiger partial charge on any atom is 0.265 e. The SMILES string of the molecule is COc1cc(C(C)=O)ccc1OCC(=O)Nc1ccc(-n2c(C)nc3ccccc3c2=O)cc1. The van der Waals surface area contributed by atoms with Gasteiger partial charge < -0.3 is 14.8 Å². The number of aromatic nitrogens is 2. The van der Waals surface area contributed by atoms with Crippen molar-refractivity contribution in [3.8, 4) is 17.2 Å². The number of fused-ring (bicyclic) bond motifs is 1. The van der Waals surface area contributed by atoms with E-state index >= 15 is 0 Å². The predicted octanol–water partition coefficient (Wildman–Crippen LogP) is 3.92. The second-order valence-corrected chi connectivity index (χ2v) is 7.62. The van der Waals surface area contributed by atoms with E-state index in [-0.39, 0.29) is 23.9 Å². The number of hydrogen-bond donors (Lipinski definition) is 1. The van der Waals surface area contributed by atoms with E-state index in [1.165, 1.54) is 18.6 Å². The van der Waals surface area contributed by atoms with Gasteiger partial charge in [-0.2, -0.15) is 0 Å². The molecule has 34 heavy (non-hydrogen) atoms. The third-order valence-electron chi connectivity index (χ3n) is 5.28. The molecular weight excluding hydrogens is 434 g/mol. The Morgan fingerprint density at radius 1 is 1.00 bits per heavy atom. The zero-order chi connectivity index (χ0) is 24.2. The monoisotopic (exact) mass is 457 g/mol. The summed E-state index contributed by atoms with van der Waals surface area (Å²) >= 11 is 0. The first-order valence-corrected chi connectivity index (χ1v) is 10.6. The molecule has 3 aromatic carbocycles. The van der Waals surface area contributed by atoms with Gasteiger partial charge in [-0.25, -0.2) is 4.98 Å². The highest BCUT2D eigenvalue weighted by Gasteiger charge is 2.12. The van der Waals surface area contributed by atoms with Crippen molar-refractivity contribution < 1.29 is 19.1 Å². The molecule has 4 rings (SSSR count). The highest BCUT2D eigenvalue weighted by molar-refractivity contribution is 5.95. The minimum Gasteiger partial charge on any atom is -0.493 e. The molecule has 0 unspecified atom stereocenters. The van der Waals surface area contributed by atoms with Crippen LogP contribution < -0.4 is 20.3 Å². The quantitative estimate of drug-likeness (QED) is 0.422. The first-order chi connectivity index (χ1) is 16.4. The molecule has 0 radical (unpaired) electrons. The Morgan fingerprint density at radius 3 is 2.44 bits per heavy atom. The number of nitrogens with zero attached hydrogens (tertiary/aromatic N) is 2. The molecule has 8 nitrogen and oxygen atoms in total. The number of para-hydroxylation sites is 1. The lowest BCUT2D eigenvalue weighted by Crippen LogP contribution is -2.22. The number of ketones is 1. The molecule has 8 heteroatoms. The van der Waals surface area contributed by atoms with Crippen molar-refractivity contribution in [3.63, 3.8) is 0 Å². The van der Waals surface area contributed by atoms with E-state index in [1.807, 2.05) is 12.1 Å². The normalized spacial score (nSPS) is 10.7. The van der Waals surface area contributed by atoms with Crippen LogP contribution in [0.15, 0.2) is 71.5 Å². The molecule has 1 aromatic heterocycles. The number of benzene rings is 3. The summed E-state index contributed by atoms with van der Waals surface area (Å²) in [7, 11) is 1.46. The summed E-state index contributed by atoms with van der Waals surface area (Å²) < 4.78 is 12.3. The molecule has 0 aliphatic heterocycles. The highest BCUT2D eigenvalue weighted by Crippen LogP contribution is 2.28. The summed E-state index contributed by atoms with van der Waals surface area (Å²) in [4.78, 5) is 41.4. The number of Topliss-reactive ketones (excluding diaryl/α,β-unsaturated/α-hetero) is 1. The van der Waals surface area contributed by atoms with Crippen LogP contribution >= 0.6 is 0 Å². The Labute approximate surface area is 195 Å². The summed E-state index contributed by atoms with van der Waals surface area (Å²) in [6.07, 6.45) is 0. The number of methoxy groups -OCH3 is 1. The maximum atomic E-state index is 13.0. The molecule has 0 atom stereocenters. The van der Waals surface area contributed by atoms with Gasteiger partial charge in [-0.3, -0.25) is 19.0 Å². The smallest absolute Gasteiger partial charge is 0.265 e. The summed E-state index contributed by atoms with van der Waals surface area (Å²) in [6.45, 7) is 2.99. The minimum absolute atomic E-state index is 0.0945. The van der Waals surface area contributed by atoms with E-state index < -0.39 is 0 Å². The second-order valence-electron chi connectivity index (χ2n) is 7.62. The first kappa shape index (κ1) is 22.7. The molecule has 0 aliphatic rings. The van der Waals surface area contributed by atoms with Crippen LogP contribution in [0.3, 0.4) is 0 Å². The van der Waals surface area contributed by atoms with Gasteiger partial charge in [0.25, 0.3) is 11.5 Å². The van der Waals surface area contributed by atoms with Crippen LogP contribution in [0.4, 0.5) is 5.69 Å². The van der Waals surface area contributed by atoms with Crippen LogP contribution in [0.25, 0.3) is 16.6 Å². The van der Waals surface area contributed by atoms with Crippen LogP contribution in [0.5, 0.6) is 11.5 Å². The number of rotatable bonds is 7. The fourth-order valence-corrected chi connectivity index (χ4v) is 3.59. The number of ether oxygens (including phenoxy) is 2. The summed E-state index contributed by atoms with van der Waals surface area (Å²) in [5.41, 5.74) is 2.18. The van der Waals surface area contributed by atoms with Crippen molar-refractivity contribution >= 4 is 28.3 Å². The molecule has 1 N–H and O–H groups in total. The Kier molecular flexibility index (Phi) is 6.40. The van der Waals surface area contributed by atoms with E-state index in [0.717, 1.165) is 0 Å². The number of carbonyl (C=O) groups is 2.